The quantitative estimate of drug-likeness (QED) is 0.859. The van der Waals surface area contributed by atoms with Gasteiger partial charge in [-0.25, -0.2) is 4.79 Å². The van der Waals surface area contributed by atoms with Crippen molar-refractivity contribution in [3.05, 3.63) is 65.7 Å². The Kier molecular flexibility index (Phi) is 5.02. The number of carbonyl (C=O) groups is 2. The van der Waals surface area contributed by atoms with Gasteiger partial charge in [0.25, 0.3) is 5.91 Å². The molecule has 144 valence electrons. The molecule has 3 amide bonds. The predicted octanol–water partition coefficient (Wildman–Crippen LogP) is 3.58. The molecule has 2 heterocycles. The van der Waals surface area contributed by atoms with Gasteiger partial charge in [-0.05, 0) is 42.2 Å². The Morgan fingerprint density at radius 2 is 2.04 bits per heavy atom. The fourth-order valence-corrected chi connectivity index (χ4v) is 3.51. The lowest BCUT2D eigenvalue weighted by atomic mass is 10.0. The van der Waals surface area contributed by atoms with Crippen molar-refractivity contribution in [2.24, 2.45) is 0 Å². The van der Waals surface area contributed by atoms with Gasteiger partial charge in [-0.15, -0.1) is 0 Å². The van der Waals surface area contributed by atoms with Gasteiger partial charge in [0.2, 0.25) is 0 Å². The molecule has 6 nitrogen and oxygen atoms in total. The normalized spacial score (nSPS) is 17.0. The molecule has 2 aromatic rings. The van der Waals surface area contributed by atoms with Gasteiger partial charge in [-0.1, -0.05) is 42.5 Å². The molecule has 2 aromatic carbocycles. The van der Waals surface area contributed by atoms with E-state index in [1.54, 1.807) is 0 Å². The Morgan fingerprint density at radius 1 is 1.21 bits per heavy atom. The van der Waals surface area contributed by atoms with E-state index in [4.69, 9.17) is 4.74 Å². The number of nitrogens with one attached hydrogen (secondary N) is 2. The van der Waals surface area contributed by atoms with Crippen LogP contribution in [0.25, 0.3) is 5.57 Å². The van der Waals surface area contributed by atoms with Crippen molar-refractivity contribution < 1.29 is 14.3 Å². The second kappa shape index (κ2) is 7.76. The number of fused-ring (bicyclic) bond motifs is 1. The standard InChI is InChI=1S/C22H23N3O3/c1-15(17-9-10-20-19(12-17)24-21(26)14-28-20)23-22(27)25-11-5-8-18(13-25)16-6-3-2-4-7-16/h2-4,6-10,12,15H,5,11,13-14H2,1H3,(H,23,27)(H,24,26). The lowest BCUT2D eigenvalue weighted by molar-refractivity contribution is -0.118. The molecular formula is C22H23N3O3. The summed E-state index contributed by atoms with van der Waals surface area (Å²) in [5.41, 5.74) is 3.87. The average molecular weight is 377 g/mol. The van der Waals surface area contributed by atoms with E-state index in [0.717, 1.165) is 17.5 Å². The van der Waals surface area contributed by atoms with Crippen LogP contribution in [0.5, 0.6) is 5.75 Å². The summed E-state index contributed by atoms with van der Waals surface area (Å²) in [7, 11) is 0. The Hall–Kier alpha value is -3.28. The number of hydrogen-bond acceptors (Lipinski definition) is 3. The number of carbonyl (C=O) groups excluding carboxylic acids is 2. The third-order valence-electron chi connectivity index (χ3n) is 5.06. The van der Waals surface area contributed by atoms with Crippen molar-refractivity contribution in [1.29, 1.82) is 0 Å². The highest BCUT2D eigenvalue weighted by Gasteiger charge is 2.22. The third-order valence-corrected chi connectivity index (χ3v) is 5.06. The Morgan fingerprint density at radius 3 is 2.86 bits per heavy atom. The zero-order chi connectivity index (χ0) is 19.5. The van der Waals surface area contributed by atoms with Crippen LogP contribution in [0.1, 0.15) is 30.5 Å². The first-order chi connectivity index (χ1) is 13.6. The number of urea groups is 1. The lowest BCUT2D eigenvalue weighted by Gasteiger charge is -2.29. The number of rotatable bonds is 3. The van der Waals surface area contributed by atoms with Gasteiger partial charge < -0.3 is 20.3 Å². The summed E-state index contributed by atoms with van der Waals surface area (Å²) in [6.07, 6.45) is 3.04. The molecule has 28 heavy (non-hydrogen) atoms. The van der Waals surface area contributed by atoms with Gasteiger partial charge in [0.15, 0.2) is 6.61 Å². The van der Waals surface area contributed by atoms with Crippen molar-refractivity contribution in [3.63, 3.8) is 0 Å². The molecule has 0 saturated carbocycles. The van der Waals surface area contributed by atoms with Crippen LogP contribution in [-0.4, -0.2) is 36.5 Å². The maximum Gasteiger partial charge on any atom is 0.318 e. The van der Waals surface area contributed by atoms with Crippen molar-refractivity contribution in [3.8, 4) is 5.75 Å². The van der Waals surface area contributed by atoms with E-state index < -0.39 is 0 Å². The van der Waals surface area contributed by atoms with Crippen LogP contribution in [0.3, 0.4) is 0 Å². The van der Waals surface area contributed by atoms with Crippen molar-refractivity contribution in [1.82, 2.24) is 10.2 Å². The molecule has 4 rings (SSSR count). The highest BCUT2D eigenvalue weighted by Crippen LogP contribution is 2.30. The highest BCUT2D eigenvalue weighted by atomic mass is 16.5. The minimum atomic E-state index is -0.192. The van der Waals surface area contributed by atoms with Crippen molar-refractivity contribution >= 4 is 23.2 Å². The van der Waals surface area contributed by atoms with Crippen LogP contribution < -0.4 is 15.4 Å². The van der Waals surface area contributed by atoms with Crippen LogP contribution in [0.2, 0.25) is 0 Å². The van der Waals surface area contributed by atoms with Gasteiger partial charge in [-0.2, -0.15) is 0 Å². The molecule has 2 aliphatic heterocycles. The summed E-state index contributed by atoms with van der Waals surface area (Å²) in [5, 5.41) is 5.86. The molecular weight excluding hydrogens is 354 g/mol. The third kappa shape index (κ3) is 3.86. The fraction of sp³-hybridized carbons (Fsp3) is 0.273. The van der Waals surface area contributed by atoms with Gasteiger partial charge in [0.1, 0.15) is 5.75 Å². The molecule has 0 aliphatic carbocycles. The largest absolute Gasteiger partial charge is 0.482 e. The molecule has 1 atom stereocenters. The van der Waals surface area contributed by atoms with E-state index in [1.165, 1.54) is 5.57 Å². The number of benzene rings is 2. The Bertz CT molecular complexity index is 924. The van der Waals surface area contributed by atoms with Gasteiger partial charge in [0, 0.05) is 13.1 Å². The van der Waals surface area contributed by atoms with Crippen molar-refractivity contribution in [2.75, 3.05) is 25.0 Å². The first kappa shape index (κ1) is 18.1. The average Bonchev–Trinajstić information content (AvgIpc) is 2.74. The van der Waals surface area contributed by atoms with E-state index in [-0.39, 0.29) is 24.6 Å². The molecule has 1 unspecified atom stereocenters. The van der Waals surface area contributed by atoms with Crippen LogP contribution >= 0.6 is 0 Å². The molecule has 2 aliphatic rings. The fourth-order valence-electron chi connectivity index (χ4n) is 3.51. The summed E-state index contributed by atoms with van der Waals surface area (Å²) >= 11 is 0. The number of amides is 3. The number of nitrogens with zero attached hydrogens (tertiary/aromatic N) is 1. The first-order valence-electron chi connectivity index (χ1n) is 9.46. The topological polar surface area (TPSA) is 70.7 Å². The lowest BCUT2D eigenvalue weighted by Crippen LogP contribution is -2.43. The van der Waals surface area contributed by atoms with Crippen LogP contribution in [0, 0.1) is 0 Å². The zero-order valence-corrected chi connectivity index (χ0v) is 15.8. The molecule has 2 N–H and O–H groups in total. The summed E-state index contributed by atoms with van der Waals surface area (Å²) in [6.45, 7) is 3.26. The summed E-state index contributed by atoms with van der Waals surface area (Å²) in [4.78, 5) is 26.1. The van der Waals surface area contributed by atoms with E-state index in [1.807, 2.05) is 48.2 Å². The van der Waals surface area contributed by atoms with E-state index in [0.29, 0.717) is 24.5 Å². The van der Waals surface area contributed by atoms with E-state index >= 15 is 0 Å². The molecule has 0 spiro atoms. The Labute approximate surface area is 164 Å². The monoisotopic (exact) mass is 377 g/mol. The second-order valence-electron chi connectivity index (χ2n) is 7.07. The van der Waals surface area contributed by atoms with Gasteiger partial charge >= 0.3 is 6.03 Å². The molecule has 0 radical (unpaired) electrons. The van der Waals surface area contributed by atoms with Gasteiger partial charge in [0.05, 0.1) is 11.7 Å². The van der Waals surface area contributed by atoms with Gasteiger partial charge in [-0.3, -0.25) is 4.79 Å². The highest BCUT2D eigenvalue weighted by molar-refractivity contribution is 5.95. The van der Waals surface area contributed by atoms with Crippen LogP contribution in [-0.2, 0) is 4.79 Å². The molecule has 0 fully saturated rings. The van der Waals surface area contributed by atoms with Crippen LogP contribution in [0.4, 0.5) is 10.5 Å². The van der Waals surface area contributed by atoms with E-state index in [2.05, 4.69) is 28.8 Å². The minimum absolute atomic E-state index is 0.0326. The second-order valence-corrected chi connectivity index (χ2v) is 7.07. The number of anilines is 1. The molecule has 6 heteroatoms. The summed E-state index contributed by atoms with van der Waals surface area (Å²) in [6, 6.07) is 15.4. The molecule has 0 saturated heterocycles. The Balaban J connectivity index is 1.42. The SMILES string of the molecule is CC(NC(=O)N1CCC=C(c2ccccc2)C1)c1ccc2c(c1)NC(=O)CO2. The molecule has 0 aromatic heterocycles. The maximum atomic E-state index is 12.8. The smallest absolute Gasteiger partial charge is 0.318 e. The van der Waals surface area contributed by atoms with Crippen molar-refractivity contribution in [2.45, 2.75) is 19.4 Å². The zero-order valence-electron chi connectivity index (χ0n) is 15.8. The number of hydrogen-bond donors (Lipinski definition) is 2. The number of ether oxygens (including phenoxy) is 1. The molecule has 0 bridgehead atoms. The summed E-state index contributed by atoms with van der Waals surface area (Å²) < 4.78 is 5.39. The van der Waals surface area contributed by atoms with E-state index in [9.17, 15) is 9.59 Å². The van der Waals surface area contributed by atoms with Crippen LogP contribution in [0.15, 0.2) is 54.6 Å². The maximum absolute atomic E-state index is 12.8. The first-order valence-corrected chi connectivity index (χ1v) is 9.46. The minimum Gasteiger partial charge on any atom is -0.482 e. The predicted molar refractivity (Wildman–Crippen MR) is 108 cm³/mol. The summed E-state index contributed by atoms with van der Waals surface area (Å²) in [5.74, 6) is 0.477.